The van der Waals surface area contributed by atoms with Gasteiger partial charge in [0, 0.05) is 51.9 Å². The van der Waals surface area contributed by atoms with Gasteiger partial charge in [0.1, 0.15) is 11.6 Å². The number of aromatic nitrogens is 5. The summed E-state index contributed by atoms with van der Waals surface area (Å²) in [5, 5.41) is 4.36. The van der Waals surface area contributed by atoms with E-state index in [1.807, 2.05) is 4.90 Å². The fourth-order valence-electron chi connectivity index (χ4n) is 5.11. The summed E-state index contributed by atoms with van der Waals surface area (Å²) in [5.74, 6) is 1.75. The smallest absolute Gasteiger partial charge is 0.259 e. The Morgan fingerprint density at radius 2 is 1.86 bits per heavy atom. The lowest BCUT2D eigenvalue weighted by Gasteiger charge is -2.40. The van der Waals surface area contributed by atoms with Crippen molar-refractivity contribution in [2.24, 2.45) is 5.92 Å². The van der Waals surface area contributed by atoms with E-state index in [4.69, 9.17) is 10.2 Å². The van der Waals surface area contributed by atoms with Crippen LogP contribution in [-0.4, -0.2) is 75.3 Å². The highest BCUT2D eigenvalue weighted by atomic mass is 19.1. The van der Waals surface area contributed by atoms with Crippen LogP contribution in [-0.2, 0) is 0 Å². The van der Waals surface area contributed by atoms with Gasteiger partial charge in [-0.1, -0.05) is 0 Å². The van der Waals surface area contributed by atoms with Crippen LogP contribution in [0.2, 0.25) is 0 Å². The van der Waals surface area contributed by atoms with Crippen molar-refractivity contribution in [2.75, 3.05) is 61.3 Å². The lowest BCUT2D eigenvalue weighted by molar-refractivity contribution is 0.205. The zero-order valence-electron chi connectivity index (χ0n) is 19.7. The second kappa shape index (κ2) is 9.34. The first-order valence-corrected chi connectivity index (χ1v) is 12.1. The quantitative estimate of drug-likeness (QED) is 0.447. The van der Waals surface area contributed by atoms with E-state index in [-0.39, 0.29) is 11.8 Å². The fourth-order valence-corrected chi connectivity index (χ4v) is 5.11. The van der Waals surface area contributed by atoms with Crippen molar-refractivity contribution in [2.45, 2.75) is 12.8 Å². The van der Waals surface area contributed by atoms with Gasteiger partial charge in [-0.05, 0) is 43.0 Å². The van der Waals surface area contributed by atoms with E-state index in [1.165, 1.54) is 16.6 Å². The van der Waals surface area contributed by atoms with Crippen molar-refractivity contribution in [3.8, 4) is 11.6 Å². The number of benzene rings is 1. The molecule has 2 aliphatic rings. The minimum atomic E-state index is -0.416. The summed E-state index contributed by atoms with van der Waals surface area (Å²) in [6.07, 6.45) is 3.70. The van der Waals surface area contributed by atoms with Crippen LogP contribution in [0.25, 0.3) is 17.4 Å². The third-order valence-corrected chi connectivity index (χ3v) is 6.90. The molecule has 0 saturated carbocycles. The maximum atomic E-state index is 14.2. The van der Waals surface area contributed by atoms with E-state index < -0.39 is 5.82 Å². The largest absolute Gasteiger partial charge is 0.461 e. The van der Waals surface area contributed by atoms with Gasteiger partial charge in [-0.3, -0.25) is 4.90 Å². The molecule has 1 aromatic carbocycles. The summed E-state index contributed by atoms with van der Waals surface area (Å²) in [4.78, 5) is 20.1. The van der Waals surface area contributed by atoms with E-state index in [9.17, 15) is 8.78 Å². The van der Waals surface area contributed by atoms with E-state index >= 15 is 0 Å². The SMILES string of the molecule is Nc1nc(N2CCCC(CN3CCN(c4cc(F)ccc4F)CC3)C2)nc2nc(-c3ccco3)nn12. The van der Waals surface area contributed by atoms with Gasteiger partial charge in [0.05, 0.1) is 12.0 Å². The number of nitrogens with zero attached hydrogens (tertiary/aromatic N) is 8. The highest BCUT2D eigenvalue weighted by Crippen LogP contribution is 2.26. The molecule has 3 aromatic heterocycles. The summed E-state index contributed by atoms with van der Waals surface area (Å²) in [6, 6.07) is 7.18. The Bertz CT molecular complexity index is 1350. The van der Waals surface area contributed by atoms with Gasteiger partial charge in [0.15, 0.2) is 5.76 Å². The van der Waals surface area contributed by atoms with E-state index in [0.29, 0.717) is 48.0 Å². The maximum Gasteiger partial charge on any atom is 0.259 e. The zero-order valence-corrected chi connectivity index (χ0v) is 19.7. The molecule has 1 atom stereocenters. The molecule has 10 nitrogen and oxygen atoms in total. The Morgan fingerprint density at radius 1 is 1.00 bits per heavy atom. The number of nitrogen functional groups attached to an aromatic ring is 1. The Morgan fingerprint density at radius 3 is 2.67 bits per heavy atom. The van der Waals surface area contributed by atoms with Crippen molar-refractivity contribution in [1.82, 2.24) is 29.5 Å². The van der Waals surface area contributed by atoms with Gasteiger partial charge in [0.25, 0.3) is 5.78 Å². The maximum absolute atomic E-state index is 14.2. The van der Waals surface area contributed by atoms with Crippen LogP contribution >= 0.6 is 0 Å². The predicted octanol–water partition coefficient (Wildman–Crippen LogP) is 2.68. The lowest BCUT2D eigenvalue weighted by atomic mass is 9.97. The molecule has 2 fully saturated rings. The number of rotatable bonds is 5. The standard InChI is InChI=1S/C24H27F2N9O/c25-17-5-6-18(26)19(13-17)33-10-8-32(9-11-33)14-16-3-1-7-34(15-16)23-29-22(27)35-24(30-23)28-21(31-35)20-4-2-12-36-20/h2,4-6,12-13,16H,1,3,7-11,14-15H2,(H2,27,28,29,30,31). The summed E-state index contributed by atoms with van der Waals surface area (Å²) in [7, 11) is 0. The van der Waals surface area contributed by atoms with Crippen LogP contribution in [0.5, 0.6) is 0 Å². The zero-order chi connectivity index (χ0) is 24.6. The van der Waals surface area contributed by atoms with Gasteiger partial charge in [0.2, 0.25) is 17.7 Å². The van der Waals surface area contributed by atoms with Crippen LogP contribution < -0.4 is 15.5 Å². The first-order chi connectivity index (χ1) is 17.5. The summed E-state index contributed by atoms with van der Waals surface area (Å²) in [6.45, 7) is 5.52. The number of halogens is 2. The lowest BCUT2D eigenvalue weighted by Crippen LogP contribution is -2.50. The molecule has 6 rings (SSSR count). The van der Waals surface area contributed by atoms with Crippen LogP contribution in [0.4, 0.5) is 26.4 Å². The first kappa shape index (κ1) is 22.7. The molecular formula is C24H27F2N9O. The van der Waals surface area contributed by atoms with Gasteiger partial charge in [-0.25, -0.2) is 8.78 Å². The van der Waals surface area contributed by atoms with Crippen LogP contribution in [0, 0.1) is 17.6 Å². The molecule has 12 heteroatoms. The third-order valence-electron chi connectivity index (χ3n) is 6.90. The molecular weight excluding hydrogens is 468 g/mol. The highest BCUT2D eigenvalue weighted by Gasteiger charge is 2.27. The molecule has 2 N–H and O–H groups in total. The monoisotopic (exact) mass is 495 g/mol. The van der Waals surface area contributed by atoms with E-state index in [2.05, 4.69) is 29.9 Å². The number of hydrogen-bond donors (Lipinski definition) is 1. The Labute approximate surface area is 206 Å². The van der Waals surface area contributed by atoms with Gasteiger partial charge < -0.3 is 20.0 Å². The molecule has 0 amide bonds. The van der Waals surface area contributed by atoms with Crippen molar-refractivity contribution >= 4 is 23.4 Å². The second-order valence-corrected chi connectivity index (χ2v) is 9.34. The molecule has 5 heterocycles. The highest BCUT2D eigenvalue weighted by molar-refractivity contribution is 5.53. The minimum Gasteiger partial charge on any atom is -0.461 e. The Kier molecular flexibility index (Phi) is 5.88. The number of anilines is 3. The summed E-state index contributed by atoms with van der Waals surface area (Å²) < 4.78 is 34.6. The van der Waals surface area contributed by atoms with Gasteiger partial charge in [-0.15, -0.1) is 5.10 Å². The van der Waals surface area contributed by atoms with E-state index in [1.54, 1.807) is 18.4 Å². The third kappa shape index (κ3) is 4.43. The Hall–Kier alpha value is -3.80. The number of hydrogen-bond acceptors (Lipinski definition) is 9. The summed E-state index contributed by atoms with van der Waals surface area (Å²) in [5.41, 5.74) is 6.52. The molecule has 0 aliphatic carbocycles. The van der Waals surface area contributed by atoms with Crippen molar-refractivity contribution < 1.29 is 13.2 Å². The number of furan rings is 1. The second-order valence-electron chi connectivity index (χ2n) is 9.34. The van der Waals surface area contributed by atoms with Crippen LogP contribution in [0.3, 0.4) is 0 Å². The first-order valence-electron chi connectivity index (χ1n) is 12.1. The molecule has 1 unspecified atom stereocenters. The fraction of sp³-hybridized carbons (Fsp3) is 0.417. The van der Waals surface area contributed by atoms with E-state index in [0.717, 1.165) is 51.6 Å². The number of nitrogens with two attached hydrogens (primary N) is 1. The van der Waals surface area contributed by atoms with Gasteiger partial charge in [-0.2, -0.15) is 19.5 Å². The average molecular weight is 496 g/mol. The van der Waals surface area contributed by atoms with Crippen LogP contribution in [0.1, 0.15) is 12.8 Å². The summed E-state index contributed by atoms with van der Waals surface area (Å²) >= 11 is 0. The molecule has 188 valence electrons. The molecule has 0 bridgehead atoms. The molecule has 36 heavy (non-hydrogen) atoms. The minimum absolute atomic E-state index is 0.225. The normalized spacial score (nSPS) is 19.3. The van der Waals surface area contributed by atoms with Crippen molar-refractivity contribution in [3.05, 3.63) is 48.2 Å². The Balaban J connectivity index is 1.10. The number of piperazine rings is 1. The number of piperidine rings is 1. The molecule has 2 saturated heterocycles. The topological polar surface area (TPSA) is 105 Å². The van der Waals surface area contributed by atoms with Crippen molar-refractivity contribution in [3.63, 3.8) is 0 Å². The van der Waals surface area contributed by atoms with Crippen LogP contribution in [0.15, 0.2) is 41.0 Å². The molecule has 2 aliphatic heterocycles. The molecule has 0 spiro atoms. The molecule has 0 radical (unpaired) electrons. The number of fused-ring (bicyclic) bond motifs is 1. The molecule has 4 aromatic rings. The van der Waals surface area contributed by atoms with Gasteiger partial charge >= 0.3 is 0 Å². The predicted molar refractivity (Wildman–Crippen MR) is 131 cm³/mol. The van der Waals surface area contributed by atoms with Crippen molar-refractivity contribution in [1.29, 1.82) is 0 Å². The average Bonchev–Trinajstić information content (AvgIpc) is 3.57.